The molecule has 1 amide bonds. The molecular formula is C18H21F2N3O. The second-order valence-electron chi connectivity index (χ2n) is 6.45. The fourth-order valence-electron chi connectivity index (χ4n) is 3.06. The molecule has 1 N–H and O–H groups in total. The van der Waals surface area contributed by atoms with E-state index in [0.717, 1.165) is 31.2 Å². The molecule has 1 aliphatic heterocycles. The summed E-state index contributed by atoms with van der Waals surface area (Å²) in [5, 5.41) is 2.91. The van der Waals surface area contributed by atoms with Crippen molar-refractivity contribution >= 4 is 5.91 Å². The van der Waals surface area contributed by atoms with Gasteiger partial charge in [0.1, 0.15) is 5.82 Å². The van der Waals surface area contributed by atoms with Gasteiger partial charge in [-0.05, 0) is 25.3 Å². The Morgan fingerprint density at radius 3 is 2.75 bits per heavy atom. The number of rotatable bonds is 4. The molecule has 1 aromatic carbocycles. The summed E-state index contributed by atoms with van der Waals surface area (Å²) in [4.78, 5) is 16.7. The van der Waals surface area contributed by atoms with E-state index < -0.39 is 5.92 Å². The van der Waals surface area contributed by atoms with Crippen molar-refractivity contribution in [3.63, 3.8) is 0 Å². The molecule has 0 fully saturated rings. The van der Waals surface area contributed by atoms with Crippen molar-refractivity contribution in [2.24, 2.45) is 5.92 Å². The number of benzene rings is 1. The quantitative estimate of drug-likeness (QED) is 0.934. The molecule has 24 heavy (non-hydrogen) atoms. The molecule has 0 spiro atoms. The van der Waals surface area contributed by atoms with Gasteiger partial charge in [-0.2, -0.15) is 0 Å². The number of aryl methyl sites for hydroxylation is 2. The Kier molecular flexibility index (Phi) is 4.39. The third-order valence-electron chi connectivity index (χ3n) is 4.59. The number of imidazole rings is 1. The zero-order valence-electron chi connectivity index (χ0n) is 13.9. The van der Waals surface area contributed by atoms with Crippen molar-refractivity contribution in [2.75, 3.05) is 0 Å². The SMILES string of the molecule is Cc1ncc2n1CC(C(=O)NCc1ccc(C(C)(F)F)cc1)CC2. The minimum Gasteiger partial charge on any atom is -0.352 e. The minimum absolute atomic E-state index is 0.00125. The number of hydrogen-bond acceptors (Lipinski definition) is 2. The number of nitrogens with one attached hydrogen (secondary N) is 1. The number of hydrogen-bond donors (Lipinski definition) is 1. The monoisotopic (exact) mass is 333 g/mol. The molecule has 3 rings (SSSR count). The van der Waals surface area contributed by atoms with Crippen LogP contribution in [0, 0.1) is 12.8 Å². The molecule has 4 nitrogen and oxygen atoms in total. The smallest absolute Gasteiger partial charge is 0.270 e. The predicted octanol–water partition coefficient (Wildman–Crippen LogP) is 3.18. The molecule has 1 atom stereocenters. The molecule has 2 heterocycles. The number of carbonyl (C=O) groups is 1. The van der Waals surface area contributed by atoms with Crippen LogP contribution in [0.1, 0.15) is 36.0 Å². The minimum atomic E-state index is -2.84. The summed E-state index contributed by atoms with van der Waals surface area (Å²) in [6.07, 6.45) is 3.52. The number of nitrogens with zero attached hydrogens (tertiary/aromatic N) is 2. The van der Waals surface area contributed by atoms with Gasteiger partial charge in [-0.25, -0.2) is 13.8 Å². The van der Waals surface area contributed by atoms with Crippen LogP contribution in [0.2, 0.25) is 0 Å². The second-order valence-corrected chi connectivity index (χ2v) is 6.45. The van der Waals surface area contributed by atoms with Gasteiger partial charge in [0.2, 0.25) is 5.91 Å². The maximum Gasteiger partial charge on any atom is 0.270 e. The first-order valence-corrected chi connectivity index (χ1v) is 8.10. The Hall–Kier alpha value is -2.24. The molecule has 0 saturated carbocycles. The normalized spacial score (nSPS) is 17.4. The van der Waals surface area contributed by atoms with E-state index in [1.54, 1.807) is 12.1 Å². The van der Waals surface area contributed by atoms with Crippen molar-refractivity contribution in [3.05, 3.63) is 53.1 Å². The van der Waals surface area contributed by atoms with E-state index in [1.807, 2.05) is 13.1 Å². The molecule has 2 aromatic rings. The lowest BCUT2D eigenvalue weighted by molar-refractivity contribution is -0.126. The first-order chi connectivity index (χ1) is 11.3. The van der Waals surface area contributed by atoms with Gasteiger partial charge in [0.15, 0.2) is 0 Å². The van der Waals surface area contributed by atoms with Gasteiger partial charge in [-0.15, -0.1) is 0 Å². The predicted molar refractivity (Wildman–Crippen MR) is 86.6 cm³/mol. The maximum atomic E-state index is 13.2. The average Bonchev–Trinajstić information content (AvgIpc) is 2.93. The van der Waals surface area contributed by atoms with Crippen molar-refractivity contribution in [1.29, 1.82) is 0 Å². The van der Waals surface area contributed by atoms with Crippen molar-refractivity contribution in [2.45, 2.75) is 45.7 Å². The Balaban J connectivity index is 1.57. The van der Waals surface area contributed by atoms with Crippen LogP contribution in [-0.4, -0.2) is 15.5 Å². The van der Waals surface area contributed by atoms with Gasteiger partial charge in [-0.3, -0.25) is 4.79 Å². The molecule has 6 heteroatoms. The zero-order chi connectivity index (χ0) is 17.3. The van der Waals surface area contributed by atoms with Crippen LogP contribution in [-0.2, 0) is 30.2 Å². The van der Waals surface area contributed by atoms with Crippen LogP contribution in [0.3, 0.4) is 0 Å². The fraction of sp³-hybridized carbons (Fsp3) is 0.444. The molecule has 128 valence electrons. The zero-order valence-corrected chi connectivity index (χ0v) is 13.9. The number of fused-ring (bicyclic) bond motifs is 1. The van der Waals surface area contributed by atoms with E-state index in [0.29, 0.717) is 13.1 Å². The van der Waals surface area contributed by atoms with Crippen LogP contribution in [0.5, 0.6) is 0 Å². The van der Waals surface area contributed by atoms with E-state index in [1.165, 1.54) is 17.8 Å². The van der Waals surface area contributed by atoms with Gasteiger partial charge < -0.3 is 9.88 Å². The van der Waals surface area contributed by atoms with Crippen LogP contribution in [0.25, 0.3) is 0 Å². The standard InChI is InChI=1S/C18H21F2N3O/c1-12-21-10-16-8-5-14(11-23(12)16)17(24)22-9-13-3-6-15(7-4-13)18(2,19)20/h3-4,6-7,10,14H,5,8-9,11H2,1-2H3,(H,22,24). The Morgan fingerprint density at radius 1 is 1.38 bits per heavy atom. The van der Waals surface area contributed by atoms with Gasteiger partial charge in [0.25, 0.3) is 5.92 Å². The summed E-state index contributed by atoms with van der Waals surface area (Å²) in [6.45, 7) is 3.81. The van der Waals surface area contributed by atoms with Gasteiger partial charge in [0.05, 0.1) is 5.92 Å². The third-order valence-corrected chi connectivity index (χ3v) is 4.59. The van der Waals surface area contributed by atoms with E-state index in [4.69, 9.17) is 0 Å². The molecule has 0 radical (unpaired) electrons. The Morgan fingerprint density at radius 2 is 2.08 bits per heavy atom. The van der Waals surface area contributed by atoms with Crippen LogP contribution in [0.4, 0.5) is 8.78 Å². The van der Waals surface area contributed by atoms with Crippen LogP contribution >= 0.6 is 0 Å². The third kappa shape index (κ3) is 3.47. The summed E-state index contributed by atoms with van der Waals surface area (Å²) in [5.74, 6) is -1.99. The van der Waals surface area contributed by atoms with Crippen molar-refractivity contribution in [3.8, 4) is 0 Å². The van der Waals surface area contributed by atoms with E-state index in [9.17, 15) is 13.6 Å². The highest BCUT2D eigenvalue weighted by molar-refractivity contribution is 5.78. The summed E-state index contributed by atoms with van der Waals surface area (Å²) < 4.78 is 28.5. The lowest BCUT2D eigenvalue weighted by atomic mass is 9.97. The van der Waals surface area contributed by atoms with Gasteiger partial charge in [0, 0.05) is 37.5 Å². The van der Waals surface area contributed by atoms with E-state index in [2.05, 4.69) is 14.9 Å². The van der Waals surface area contributed by atoms with Crippen LogP contribution < -0.4 is 5.32 Å². The van der Waals surface area contributed by atoms with Gasteiger partial charge in [-0.1, -0.05) is 24.3 Å². The number of aromatic nitrogens is 2. The lowest BCUT2D eigenvalue weighted by Gasteiger charge is -2.24. The Bertz CT molecular complexity index is 732. The summed E-state index contributed by atoms with van der Waals surface area (Å²) in [6, 6.07) is 6.07. The summed E-state index contributed by atoms with van der Waals surface area (Å²) in [5.41, 5.74) is 1.97. The summed E-state index contributed by atoms with van der Waals surface area (Å²) in [7, 11) is 0. The number of carbonyl (C=O) groups excluding carboxylic acids is 1. The van der Waals surface area contributed by atoms with Crippen LogP contribution in [0.15, 0.2) is 30.5 Å². The topological polar surface area (TPSA) is 46.9 Å². The van der Waals surface area contributed by atoms with Crippen molar-refractivity contribution < 1.29 is 13.6 Å². The first kappa shape index (κ1) is 16.6. The highest BCUT2D eigenvalue weighted by atomic mass is 19.3. The second kappa shape index (κ2) is 6.34. The largest absolute Gasteiger partial charge is 0.352 e. The summed E-state index contributed by atoms with van der Waals surface area (Å²) >= 11 is 0. The van der Waals surface area contributed by atoms with Crippen molar-refractivity contribution in [1.82, 2.24) is 14.9 Å². The Labute approximate surface area is 139 Å². The molecular weight excluding hydrogens is 312 g/mol. The molecule has 1 aliphatic rings. The average molecular weight is 333 g/mol. The van der Waals surface area contributed by atoms with Gasteiger partial charge >= 0.3 is 0 Å². The fourth-order valence-corrected chi connectivity index (χ4v) is 3.06. The first-order valence-electron chi connectivity index (χ1n) is 8.10. The highest BCUT2D eigenvalue weighted by Gasteiger charge is 2.26. The molecule has 0 aliphatic carbocycles. The molecule has 0 bridgehead atoms. The number of alkyl halides is 2. The molecule has 1 unspecified atom stereocenters. The van der Waals surface area contributed by atoms with E-state index >= 15 is 0 Å². The number of amides is 1. The lowest BCUT2D eigenvalue weighted by Crippen LogP contribution is -2.35. The molecule has 0 saturated heterocycles. The van der Waals surface area contributed by atoms with E-state index in [-0.39, 0.29) is 17.4 Å². The number of halogens is 2. The maximum absolute atomic E-state index is 13.2. The molecule has 1 aromatic heterocycles. The highest BCUT2D eigenvalue weighted by Crippen LogP contribution is 2.27.